The molecule has 1 aliphatic carbocycles. The summed E-state index contributed by atoms with van der Waals surface area (Å²) in [6, 6.07) is 12.8. The minimum atomic E-state index is 0.338. The van der Waals surface area contributed by atoms with Gasteiger partial charge in [-0.05, 0) is 67.1 Å². The Kier molecular flexibility index (Phi) is 3.88. The normalized spacial score (nSPS) is 12.5. The highest BCUT2D eigenvalue weighted by molar-refractivity contribution is 5.37. The first-order valence-corrected chi connectivity index (χ1v) is 6.21. The third-order valence-electron chi connectivity index (χ3n) is 3.08. The first kappa shape index (κ1) is 12.5. The number of aromatic hydroxyl groups is 2. The number of phenolic OH excluding ortho intramolecular Hbond substituents is 2. The molecule has 0 heterocycles. The molecule has 18 heavy (non-hydrogen) atoms. The summed E-state index contributed by atoms with van der Waals surface area (Å²) < 4.78 is 0. The van der Waals surface area contributed by atoms with Gasteiger partial charge in [-0.3, -0.25) is 0 Å². The van der Waals surface area contributed by atoms with E-state index < -0.39 is 0 Å². The van der Waals surface area contributed by atoms with Gasteiger partial charge in [-0.1, -0.05) is 18.2 Å². The summed E-state index contributed by atoms with van der Waals surface area (Å²) in [5, 5.41) is 17.9. The predicted octanol–water partition coefficient (Wildman–Crippen LogP) is 3.58. The van der Waals surface area contributed by atoms with Crippen molar-refractivity contribution >= 4 is 0 Å². The molecule has 2 aromatic rings. The van der Waals surface area contributed by atoms with E-state index in [4.69, 9.17) is 10.2 Å². The van der Waals surface area contributed by atoms with Gasteiger partial charge in [-0.2, -0.15) is 0 Å². The smallest absolute Gasteiger partial charge is 0.115 e. The van der Waals surface area contributed by atoms with Crippen molar-refractivity contribution in [3.63, 3.8) is 0 Å². The summed E-state index contributed by atoms with van der Waals surface area (Å²) in [5.74, 6) is 0.741. The van der Waals surface area contributed by atoms with Gasteiger partial charge in [-0.25, -0.2) is 0 Å². The van der Waals surface area contributed by atoms with E-state index in [0.717, 1.165) is 12.0 Å². The van der Waals surface area contributed by atoms with Gasteiger partial charge in [0.25, 0.3) is 0 Å². The largest absolute Gasteiger partial charge is 0.508 e. The van der Waals surface area contributed by atoms with Crippen molar-refractivity contribution in [2.45, 2.75) is 26.2 Å². The van der Waals surface area contributed by atoms with Crippen LogP contribution in [0.5, 0.6) is 11.5 Å². The van der Waals surface area contributed by atoms with E-state index in [-0.39, 0.29) is 0 Å². The third kappa shape index (κ3) is 3.27. The molecule has 0 spiro atoms. The van der Waals surface area contributed by atoms with Gasteiger partial charge < -0.3 is 10.2 Å². The summed E-state index contributed by atoms with van der Waals surface area (Å²) in [7, 11) is 0. The lowest BCUT2D eigenvalue weighted by Gasteiger charge is -1.97. The minimum Gasteiger partial charge on any atom is -0.508 e. The zero-order chi connectivity index (χ0) is 13.0. The van der Waals surface area contributed by atoms with Gasteiger partial charge in [-0.15, -0.1) is 0 Å². The highest BCUT2D eigenvalue weighted by Gasteiger charge is 2.09. The van der Waals surface area contributed by atoms with Crippen LogP contribution in [-0.4, -0.2) is 10.2 Å². The number of hydrogen-bond acceptors (Lipinski definition) is 2. The molecule has 1 aliphatic rings. The van der Waals surface area contributed by atoms with E-state index in [1.165, 1.54) is 24.0 Å². The second-order valence-electron chi connectivity index (χ2n) is 4.65. The van der Waals surface area contributed by atoms with Gasteiger partial charge in [0.1, 0.15) is 11.5 Å². The molecule has 2 aromatic carbocycles. The molecule has 2 N–H and O–H groups in total. The molecule has 2 nitrogen and oxygen atoms in total. The fraction of sp³-hybridized carbons (Fsp3) is 0.250. The van der Waals surface area contributed by atoms with Crippen molar-refractivity contribution in [3.8, 4) is 11.5 Å². The first-order valence-electron chi connectivity index (χ1n) is 6.21. The molecule has 2 heteroatoms. The van der Waals surface area contributed by atoms with Gasteiger partial charge in [0.05, 0.1) is 0 Å². The Morgan fingerprint density at radius 3 is 2.22 bits per heavy atom. The SMILES string of the molecule is Cc1cccc(O)c1.Oc1ccc2c(c1)CCC2. The van der Waals surface area contributed by atoms with E-state index in [1.54, 1.807) is 18.2 Å². The van der Waals surface area contributed by atoms with Gasteiger partial charge in [0, 0.05) is 0 Å². The Balaban J connectivity index is 0.000000138. The number of aryl methyl sites for hydroxylation is 3. The Bertz CT molecular complexity index is 515. The molecular weight excluding hydrogens is 224 g/mol. The first-order chi connectivity index (χ1) is 8.65. The zero-order valence-corrected chi connectivity index (χ0v) is 10.6. The van der Waals surface area contributed by atoms with Crippen LogP contribution in [0.4, 0.5) is 0 Å². The molecule has 0 bridgehead atoms. The fourth-order valence-corrected chi connectivity index (χ4v) is 2.19. The monoisotopic (exact) mass is 242 g/mol. The maximum Gasteiger partial charge on any atom is 0.115 e. The lowest BCUT2D eigenvalue weighted by Crippen LogP contribution is -1.78. The predicted molar refractivity (Wildman–Crippen MR) is 73.0 cm³/mol. The molecule has 0 amide bonds. The van der Waals surface area contributed by atoms with Crippen molar-refractivity contribution in [3.05, 3.63) is 59.2 Å². The molecule has 0 aromatic heterocycles. The summed E-state index contributed by atoms with van der Waals surface area (Å²) in [5.41, 5.74) is 3.84. The van der Waals surface area contributed by atoms with Crippen molar-refractivity contribution in [2.24, 2.45) is 0 Å². The fourth-order valence-electron chi connectivity index (χ4n) is 2.19. The van der Waals surface area contributed by atoms with Gasteiger partial charge in [0.2, 0.25) is 0 Å². The average Bonchev–Trinajstić information content (AvgIpc) is 2.76. The second-order valence-corrected chi connectivity index (χ2v) is 4.65. The molecule has 0 atom stereocenters. The third-order valence-corrected chi connectivity index (χ3v) is 3.08. The Morgan fingerprint density at radius 2 is 1.56 bits per heavy atom. The Hall–Kier alpha value is -1.96. The van der Waals surface area contributed by atoms with Crippen LogP contribution in [0.15, 0.2) is 42.5 Å². The minimum absolute atomic E-state index is 0.338. The van der Waals surface area contributed by atoms with E-state index >= 15 is 0 Å². The van der Waals surface area contributed by atoms with E-state index in [1.807, 2.05) is 31.2 Å². The van der Waals surface area contributed by atoms with E-state index in [2.05, 4.69) is 0 Å². The Morgan fingerprint density at radius 1 is 0.833 bits per heavy atom. The van der Waals surface area contributed by atoms with Crippen LogP contribution in [0.3, 0.4) is 0 Å². The highest BCUT2D eigenvalue weighted by Crippen LogP contribution is 2.24. The lowest BCUT2D eigenvalue weighted by atomic mass is 10.1. The molecule has 0 unspecified atom stereocenters. The van der Waals surface area contributed by atoms with Crippen molar-refractivity contribution < 1.29 is 10.2 Å². The van der Waals surface area contributed by atoms with E-state index in [9.17, 15) is 0 Å². The summed E-state index contributed by atoms with van der Waals surface area (Å²) >= 11 is 0. The molecule has 94 valence electrons. The van der Waals surface area contributed by atoms with Gasteiger partial charge >= 0.3 is 0 Å². The highest BCUT2D eigenvalue weighted by atomic mass is 16.3. The summed E-state index contributed by atoms with van der Waals surface area (Å²) in [4.78, 5) is 0. The van der Waals surface area contributed by atoms with Crippen molar-refractivity contribution in [1.29, 1.82) is 0 Å². The van der Waals surface area contributed by atoms with Crippen LogP contribution >= 0.6 is 0 Å². The van der Waals surface area contributed by atoms with Crippen LogP contribution in [0.25, 0.3) is 0 Å². The molecule has 0 saturated heterocycles. The van der Waals surface area contributed by atoms with Crippen LogP contribution in [0.2, 0.25) is 0 Å². The number of phenols is 2. The number of fused-ring (bicyclic) bond motifs is 1. The van der Waals surface area contributed by atoms with Crippen molar-refractivity contribution in [1.82, 2.24) is 0 Å². The second kappa shape index (κ2) is 5.58. The van der Waals surface area contributed by atoms with Crippen LogP contribution in [0.1, 0.15) is 23.1 Å². The zero-order valence-electron chi connectivity index (χ0n) is 10.6. The molecule has 3 rings (SSSR count). The number of rotatable bonds is 0. The summed E-state index contributed by atoms with van der Waals surface area (Å²) in [6.45, 7) is 1.94. The molecule has 0 aliphatic heterocycles. The maximum atomic E-state index is 9.10. The van der Waals surface area contributed by atoms with Crippen molar-refractivity contribution in [2.75, 3.05) is 0 Å². The number of benzene rings is 2. The quantitative estimate of drug-likeness (QED) is 0.741. The van der Waals surface area contributed by atoms with Crippen LogP contribution < -0.4 is 0 Å². The molecule has 0 fully saturated rings. The molecule has 0 radical (unpaired) electrons. The van der Waals surface area contributed by atoms with Gasteiger partial charge in [0.15, 0.2) is 0 Å². The standard InChI is InChI=1S/C9H10O.C7H8O/c10-9-5-4-7-2-1-3-8(7)6-9;1-6-3-2-4-7(8)5-6/h4-6,10H,1-3H2;2-5,8H,1H3. The van der Waals surface area contributed by atoms with Crippen LogP contribution in [-0.2, 0) is 12.8 Å². The Labute approximate surface area is 108 Å². The topological polar surface area (TPSA) is 40.5 Å². The van der Waals surface area contributed by atoms with Crippen LogP contribution in [0, 0.1) is 6.92 Å². The number of hydrogen-bond donors (Lipinski definition) is 2. The average molecular weight is 242 g/mol. The summed E-state index contributed by atoms with van der Waals surface area (Å²) in [6.07, 6.45) is 3.58. The lowest BCUT2D eigenvalue weighted by molar-refractivity contribution is 0.474. The van der Waals surface area contributed by atoms with E-state index in [0.29, 0.717) is 11.5 Å². The molecule has 0 saturated carbocycles. The molecular formula is C16H18O2. The maximum absolute atomic E-state index is 9.10.